The summed E-state index contributed by atoms with van der Waals surface area (Å²) in [5.41, 5.74) is 15.9. The van der Waals surface area contributed by atoms with Crippen LogP contribution in [0.3, 0.4) is 0 Å². The molecular weight excluding hydrogens is 877 g/mol. The van der Waals surface area contributed by atoms with Crippen LogP contribution in [0.2, 0.25) is 0 Å². The van der Waals surface area contributed by atoms with Crippen LogP contribution in [0, 0.1) is 6.57 Å². The summed E-state index contributed by atoms with van der Waals surface area (Å²) in [7, 11) is 0. The number of benzene rings is 5. The number of hydrogen-bond acceptors (Lipinski definition) is 5. The van der Waals surface area contributed by atoms with Crippen LogP contribution < -0.4 is 4.90 Å². The molecule has 10 rings (SSSR count). The number of carboxylic acids is 1. The van der Waals surface area contributed by atoms with Gasteiger partial charge in [0.2, 0.25) is 0 Å². The lowest BCUT2D eigenvalue weighted by molar-refractivity contribution is -0.132. The number of rotatable bonds is 18. The van der Waals surface area contributed by atoms with Crippen LogP contribution in [0.5, 0.6) is 0 Å². The Kier molecular flexibility index (Phi) is 12.6. The lowest BCUT2D eigenvalue weighted by atomic mass is 9.70. The maximum atomic E-state index is 11.6. The molecule has 0 bridgehead atoms. The summed E-state index contributed by atoms with van der Waals surface area (Å²) in [6.45, 7) is 16.6. The van der Waals surface area contributed by atoms with E-state index in [0.29, 0.717) is 0 Å². The molecular formula is C60H58N2O2S3. The van der Waals surface area contributed by atoms with Crippen LogP contribution in [-0.4, -0.2) is 11.1 Å². The molecule has 67 heavy (non-hydrogen) atoms. The average molecular weight is 935 g/mol. The van der Waals surface area contributed by atoms with E-state index in [-0.39, 0.29) is 16.5 Å². The molecule has 1 N–H and O–H groups in total. The Hall–Kier alpha value is -5.78. The average Bonchev–Trinajstić information content (AvgIpc) is 4.15. The van der Waals surface area contributed by atoms with Crippen molar-refractivity contribution in [1.82, 2.24) is 0 Å². The minimum absolute atomic E-state index is 0.0227. The summed E-state index contributed by atoms with van der Waals surface area (Å²) >= 11 is 5.08. The molecule has 3 heterocycles. The summed E-state index contributed by atoms with van der Waals surface area (Å²) in [6, 6.07) is 46.8. The molecule has 4 nitrogen and oxygen atoms in total. The van der Waals surface area contributed by atoms with Crippen LogP contribution in [0.25, 0.3) is 62.4 Å². The lowest BCUT2D eigenvalue weighted by Crippen LogP contribution is -2.26. The summed E-state index contributed by atoms with van der Waals surface area (Å²) < 4.78 is 4.73. The maximum absolute atomic E-state index is 11.6. The van der Waals surface area contributed by atoms with Crippen LogP contribution in [0.15, 0.2) is 127 Å². The van der Waals surface area contributed by atoms with Crippen molar-refractivity contribution in [2.45, 2.75) is 116 Å². The van der Waals surface area contributed by atoms with Crippen LogP contribution in [0.4, 0.5) is 17.1 Å². The zero-order chi connectivity index (χ0) is 46.3. The number of aliphatic carboxylic acids is 1. The van der Waals surface area contributed by atoms with Crippen LogP contribution in [-0.2, 0) is 15.6 Å². The van der Waals surface area contributed by atoms with E-state index in [1.54, 1.807) is 34.0 Å². The zero-order valence-electron chi connectivity index (χ0n) is 39.1. The molecule has 0 atom stereocenters. The number of thiophene rings is 3. The third-order valence-corrected chi connectivity index (χ3v) is 18.5. The summed E-state index contributed by atoms with van der Waals surface area (Å²) in [6.07, 6.45) is 15.6. The highest BCUT2D eigenvalue weighted by atomic mass is 32.1. The molecule has 0 aliphatic heterocycles. The molecule has 338 valence electrons. The van der Waals surface area contributed by atoms with Gasteiger partial charge >= 0.3 is 5.97 Å². The lowest BCUT2D eigenvalue weighted by Gasteiger charge is -2.35. The predicted octanol–water partition coefficient (Wildman–Crippen LogP) is 19.0. The van der Waals surface area contributed by atoms with E-state index in [9.17, 15) is 9.90 Å². The Morgan fingerprint density at radius 1 is 0.567 bits per heavy atom. The number of unbranched alkanes of at least 4 members (excludes halogenated alkanes) is 4. The largest absolute Gasteiger partial charge is 0.486 e. The SMILES string of the molecule is [C-]#[N+]/C(=C\c1cc2sc3cc(-c4ccc(N(c5ccc6c(c5)C(CCCC)(CCCC)c5ccccc5-6)c5ccc6c(c5)C(CCCC)(CCCC)c5ccccc5-6)cc4)sc3c2s1)C(=O)O. The van der Waals surface area contributed by atoms with Gasteiger partial charge in [-0.3, -0.25) is 4.79 Å². The molecule has 2 aliphatic carbocycles. The zero-order valence-corrected chi connectivity index (χ0v) is 41.5. The minimum atomic E-state index is -1.19. The highest BCUT2D eigenvalue weighted by Crippen LogP contribution is 2.58. The molecule has 0 radical (unpaired) electrons. The van der Waals surface area contributed by atoms with E-state index in [1.807, 2.05) is 6.07 Å². The molecule has 0 amide bonds. The van der Waals surface area contributed by atoms with Crippen molar-refractivity contribution in [2.24, 2.45) is 0 Å². The summed E-state index contributed by atoms with van der Waals surface area (Å²) in [5, 5.41) is 9.46. The molecule has 3 aromatic heterocycles. The highest BCUT2D eigenvalue weighted by molar-refractivity contribution is 7.39. The third-order valence-electron chi connectivity index (χ3n) is 14.7. The molecule has 5 aromatic carbocycles. The van der Waals surface area contributed by atoms with Crippen molar-refractivity contribution in [3.63, 3.8) is 0 Å². The van der Waals surface area contributed by atoms with Gasteiger partial charge in [-0.25, -0.2) is 4.85 Å². The molecule has 0 spiro atoms. The van der Waals surface area contributed by atoms with Gasteiger partial charge in [0.1, 0.15) is 0 Å². The second kappa shape index (κ2) is 18.7. The van der Waals surface area contributed by atoms with Gasteiger partial charge in [-0.15, -0.1) is 34.0 Å². The normalized spacial score (nSPS) is 14.2. The van der Waals surface area contributed by atoms with Gasteiger partial charge in [0.05, 0.1) is 16.0 Å². The van der Waals surface area contributed by atoms with Gasteiger partial charge in [0.25, 0.3) is 5.70 Å². The third kappa shape index (κ3) is 7.76. The van der Waals surface area contributed by atoms with E-state index in [2.05, 4.69) is 153 Å². The first-order valence-corrected chi connectivity index (χ1v) is 26.9. The molecule has 0 fully saturated rings. The first kappa shape index (κ1) is 45.0. The topological polar surface area (TPSA) is 44.9 Å². The van der Waals surface area contributed by atoms with E-state index >= 15 is 0 Å². The van der Waals surface area contributed by atoms with Gasteiger partial charge in [-0.05, 0) is 130 Å². The molecule has 8 aromatic rings. The van der Waals surface area contributed by atoms with Crippen molar-refractivity contribution < 1.29 is 9.90 Å². The number of hydrogen-bond donors (Lipinski definition) is 1. The summed E-state index contributed by atoms with van der Waals surface area (Å²) in [5.74, 6) is -1.19. The number of carbonyl (C=O) groups is 1. The van der Waals surface area contributed by atoms with Gasteiger partial charge in [-0.1, -0.05) is 152 Å². The Morgan fingerprint density at radius 2 is 1.03 bits per heavy atom. The number of nitrogens with zero attached hydrogens (tertiary/aromatic N) is 2. The van der Waals surface area contributed by atoms with Gasteiger partial charge in [-0.2, -0.15) is 0 Å². The number of fused-ring (bicyclic) bond motifs is 9. The van der Waals surface area contributed by atoms with Crippen molar-refractivity contribution in [2.75, 3.05) is 4.90 Å². The standard InChI is InChI=1S/C60H58N2O2S3/c1-6-10-30-59(31-11-7-2)48-20-16-14-18-44(48)46-28-26-41(34-50(46)59)62(42-27-29-47-45-19-15-17-21-49(45)60(32-12-8-3,33-13-9-4)51(47)35-42)40-24-22-39(23-25-40)53-38-55-57(67-53)56-54(66-55)37-43(65-56)36-52(61-5)58(63)64/h14-29,34-38H,6-13,30-33H2,1-4H3,(H,63,64)/b52-36-. The maximum Gasteiger partial charge on any atom is 0.333 e. The molecule has 0 saturated heterocycles. The smallest absolute Gasteiger partial charge is 0.333 e. The second-order valence-corrected chi connectivity index (χ2v) is 21.9. The fourth-order valence-electron chi connectivity index (χ4n) is 11.5. The Balaban J connectivity index is 1.11. The quantitative estimate of drug-likeness (QED) is 0.0689. The fourth-order valence-corrected chi connectivity index (χ4v) is 15.4. The number of anilines is 3. The first-order chi connectivity index (χ1) is 32.8. The fraction of sp³-hybridized carbons (Fsp3) is 0.300. The van der Waals surface area contributed by atoms with Crippen molar-refractivity contribution in [1.29, 1.82) is 0 Å². The molecule has 0 unspecified atom stereocenters. The van der Waals surface area contributed by atoms with Crippen LogP contribution >= 0.6 is 34.0 Å². The number of carboxylic acid groups (broad SMARTS) is 1. The van der Waals surface area contributed by atoms with Crippen LogP contribution in [0.1, 0.15) is 132 Å². The van der Waals surface area contributed by atoms with Gasteiger partial charge in [0, 0.05) is 47.0 Å². The van der Waals surface area contributed by atoms with E-state index in [4.69, 9.17) is 6.57 Å². The minimum Gasteiger partial charge on any atom is -0.486 e. The second-order valence-electron chi connectivity index (χ2n) is 18.7. The van der Waals surface area contributed by atoms with E-state index in [0.717, 1.165) is 45.6 Å². The van der Waals surface area contributed by atoms with E-state index < -0.39 is 5.97 Å². The molecule has 2 aliphatic rings. The first-order valence-electron chi connectivity index (χ1n) is 24.4. The Morgan fingerprint density at radius 3 is 1.52 bits per heavy atom. The molecule has 0 saturated carbocycles. The van der Waals surface area contributed by atoms with Gasteiger partial charge in [0.15, 0.2) is 0 Å². The summed E-state index contributed by atoms with van der Waals surface area (Å²) in [4.78, 5) is 19.3. The Labute approximate surface area is 408 Å². The van der Waals surface area contributed by atoms with Gasteiger partial charge < -0.3 is 10.0 Å². The Bertz CT molecular complexity index is 3080. The van der Waals surface area contributed by atoms with Crippen molar-refractivity contribution in [3.05, 3.63) is 166 Å². The predicted molar refractivity (Wildman–Crippen MR) is 288 cm³/mol. The van der Waals surface area contributed by atoms with E-state index in [1.165, 1.54) is 133 Å². The highest BCUT2D eigenvalue weighted by Gasteiger charge is 2.44. The molecule has 7 heteroatoms. The monoisotopic (exact) mass is 934 g/mol. The van der Waals surface area contributed by atoms with Crippen molar-refractivity contribution >= 4 is 81.9 Å². The van der Waals surface area contributed by atoms with Crippen molar-refractivity contribution in [3.8, 4) is 32.7 Å².